The molecule has 2 unspecified atom stereocenters. The SMILES string of the molecule is O=C(/C=C/c1ccco1)N1CC2CC(C1)c1cccc(=O)n1C2. The van der Waals surface area contributed by atoms with E-state index < -0.39 is 0 Å². The van der Waals surface area contributed by atoms with Crippen LogP contribution in [0.2, 0.25) is 0 Å². The molecule has 5 nitrogen and oxygen atoms in total. The van der Waals surface area contributed by atoms with Gasteiger partial charge >= 0.3 is 0 Å². The van der Waals surface area contributed by atoms with Crippen molar-refractivity contribution in [3.63, 3.8) is 0 Å². The molecule has 0 aliphatic carbocycles. The lowest BCUT2D eigenvalue weighted by atomic mass is 9.83. The van der Waals surface area contributed by atoms with Crippen molar-refractivity contribution in [3.8, 4) is 0 Å². The zero-order valence-corrected chi connectivity index (χ0v) is 12.7. The van der Waals surface area contributed by atoms with E-state index in [0.717, 1.165) is 12.1 Å². The fourth-order valence-corrected chi connectivity index (χ4v) is 3.72. The summed E-state index contributed by atoms with van der Waals surface area (Å²) in [5.74, 6) is 1.27. The van der Waals surface area contributed by atoms with E-state index >= 15 is 0 Å². The quantitative estimate of drug-likeness (QED) is 0.798. The van der Waals surface area contributed by atoms with E-state index in [1.165, 1.54) is 0 Å². The van der Waals surface area contributed by atoms with Gasteiger partial charge in [-0.15, -0.1) is 0 Å². The van der Waals surface area contributed by atoms with E-state index in [9.17, 15) is 9.59 Å². The van der Waals surface area contributed by atoms with Gasteiger partial charge in [0.2, 0.25) is 5.91 Å². The first kappa shape index (κ1) is 14.1. The molecule has 4 rings (SSSR count). The normalized spacial score (nSPS) is 23.0. The Morgan fingerprint density at radius 1 is 1.17 bits per heavy atom. The minimum absolute atomic E-state index is 0.00262. The van der Waals surface area contributed by atoms with Gasteiger partial charge in [-0.05, 0) is 36.6 Å². The Morgan fingerprint density at radius 2 is 2.09 bits per heavy atom. The topological polar surface area (TPSA) is 55.5 Å². The molecule has 2 bridgehead atoms. The third-order valence-electron chi connectivity index (χ3n) is 4.72. The van der Waals surface area contributed by atoms with Crippen molar-refractivity contribution in [2.75, 3.05) is 13.1 Å². The molecule has 1 saturated heterocycles. The molecule has 2 aromatic heterocycles. The average molecular weight is 310 g/mol. The number of pyridine rings is 1. The van der Waals surface area contributed by atoms with Crippen LogP contribution in [0.5, 0.6) is 0 Å². The van der Waals surface area contributed by atoms with Crippen LogP contribution in [0.15, 0.2) is 51.9 Å². The second kappa shape index (κ2) is 5.57. The lowest BCUT2D eigenvalue weighted by Crippen LogP contribution is -2.48. The van der Waals surface area contributed by atoms with Crippen LogP contribution in [-0.4, -0.2) is 28.5 Å². The number of piperidine rings is 1. The molecule has 0 aromatic carbocycles. The van der Waals surface area contributed by atoms with Crippen molar-refractivity contribution in [2.24, 2.45) is 5.92 Å². The lowest BCUT2D eigenvalue weighted by Gasteiger charge is -2.42. The number of aromatic nitrogens is 1. The van der Waals surface area contributed by atoms with Crippen LogP contribution in [0.3, 0.4) is 0 Å². The van der Waals surface area contributed by atoms with Gasteiger partial charge in [-0.25, -0.2) is 0 Å². The van der Waals surface area contributed by atoms with Crippen LogP contribution >= 0.6 is 0 Å². The van der Waals surface area contributed by atoms with Crippen molar-refractivity contribution in [1.29, 1.82) is 0 Å². The number of furan rings is 1. The highest BCUT2D eigenvalue weighted by atomic mass is 16.3. The Morgan fingerprint density at radius 3 is 2.91 bits per heavy atom. The van der Waals surface area contributed by atoms with Crippen molar-refractivity contribution in [1.82, 2.24) is 9.47 Å². The molecule has 2 atom stereocenters. The van der Waals surface area contributed by atoms with Crippen LogP contribution in [0.25, 0.3) is 6.08 Å². The number of nitrogens with zero attached hydrogens (tertiary/aromatic N) is 2. The van der Waals surface area contributed by atoms with Crippen molar-refractivity contribution >= 4 is 12.0 Å². The van der Waals surface area contributed by atoms with E-state index in [-0.39, 0.29) is 17.4 Å². The highest BCUT2D eigenvalue weighted by Crippen LogP contribution is 2.34. The molecule has 0 N–H and O–H groups in total. The summed E-state index contributed by atoms with van der Waals surface area (Å²) in [6.45, 7) is 2.08. The van der Waals surface area contributed by atoms with Crippen LogP contribution in [0.4, 0.5) is 0 Å². The molecule has 118 valence electrons. The Kier molecular flexibility index (Phi) is 3.41. The zero-order chi connectivity index (χ0) is 15.8. The van der Waals surface area contributed by atoms with Crippen molar-refractivity contribution in [3.05, 3.63) is 64.5 Å². The molecule has 2 aliphatic rings. The number of likely N-dealkylation sites (tertiary alicyclic amines) is 1. The monoisotopic (exact) mass is 310 g/mol. The number of amides is 1. The van der Waals surface area contributed by atoms with Crippen molar-refractivity contribution < 1.29 is 9.21 Å². The van der Waals surface area contributed by atoms with Gasteiger partial charge < -0.3 is 13.9 Å². The van der Waals surface area contributed by atoms with Crippen molar-refractivity contribution in [2.45, 2.75) is 18.9 Å². The van der Waals surface area contributed by atoms with Gasteiger partial charge in [0.25, 0.3) is 5.56 Å². The van der Waals surface area contributed by atoms with E-state index in [1.807, 2.05) is 27.7 Å². The Labute approximate surface area is 133 Å². The highest BCUT2D eigenvalue weighted by molar-refractivity contribution is 5.91. The Hall–Kier alpha value is -2.56. The summed E-state index contributed by atoms with van der Waals surface area (Å²) in [5, 5.41) is 0. The maximum absolute atomic E-state index is 12.4. The van der Waals surface area contributed by atoms with E-state index in [2.05, 4.69) is 0 Å². The fraction of sp³-hybridized carbons (Fsp3) is 0.333. The summed E-state index contributed by atoms with van der Waals surface area (Å²) in [6, 6.07) is 9.04. The summed E-state index contributed by atoms with van der Waals surface area (Å²) in [4.78, 5) is 26.3. The van der Waals surface area contributed by atoms with Gasteiger partial charge in [-0.1, -0.05) is 6.07 Å². The number of hydrogen-bond acceptors (Lipinski definition) is 3. The minimum Gasteiger partial charge on any atom is -0.465 e. The molecule has 23 heavy (non-hydrogen) atoms. The first-order valence-corrected chi connectivity index (χ1v) is 7.91. The van der Waals surface area contributed by atoms with E-state index in [0.29, 0.717) is 31.3 Å². The van der Waals surface area contributed by atoms with Crippen LogP contribution < -0.4 is 5.56 Å². The van der Waals surface area contributed by atoms with Gasteiger partial charge in [0.1, 0.15) is 5.76 Å². The highest BCUT2D eigenvalue weighted by Gasteiger charge is 2.35. The number of hydrogen-bond donors (Lipinski definition) is 0. The van der Waals surface area contributed by atoms with Crippen LogP contribution in [-0.2, 0) is 11.3 Å². The third kappa shape index (κ3) is 2.63. The largest absolute Gasteiger partial charge is 0.465 e. The maximum atomic E-state index is 12.4. The summed E-state index contributed by atoms with van der Waals surface area (Å²) in [7, 11) is 0. The minimum atomic E-state index is 0.00262. The smallest absolute Gasteiger partial charge is 0.250 e. The Bertz CT molecular complexity index is 804. The van der Waals surface area contributed by atoms with E-state index in [4.69, 9.17) is 4.42 Å². The van der Waals surface area contributed by atoms with Gasteiger partial charge in [-0.2, -0.15) is 0 Å². The molecular formula is C18H18N2O3. The number of carbonyl (C=O) groups excluding carboxylic acids is 1. The van der Waals surface area contributed by atoms with Gasteiger partial charge in [0.15, 0.2) is 0 Å². The molecular weight excluding hydrogens is 292 g/mol. The number of carbonyl (C=O) groups is 1. The molecule has 4 heterocycles. The molecule has 0 spiro atoms. The molecule has 5 heteroatoms. The molecule has 0 saturated carbocycles. The summed E-state index contributed by atoms with van der Waals surface area (Å²) < 4.78 is 7.08. The predicted molar refractivity (Wildman–Crippen MR) is 85.9 cm³/mol. The van der Waals surface area contributed by atoms with Crippen LogP contribution in [0.1, 0.15) is 23.8 Å². The summed E-state index contributed by atoms with van der Waals surface area (Å²) >= 11 is 0. The predicted octanol–water partition coefficient (Wildman–Crippen LogP) is 2.10. The maximum Gasteiger partial charge on any atom is 0.250 e. The van der Waals surface area contributed by atoms with E-state index in [1.54, 1.807) is 30.5 Å². The lowest BCUT2D eigenvalue weighted by molar-refractivity contribution is -0.128. The van der Waals surface area contributed by atoms with Gasteiger partial charge in [0, 0.05) is 43.4 Å². The summed E-state index contributed by atoms with van der Waals surface area (Å²) in [5.41, 5.74) is 1.12. The van der Waals surface area contributed by atoms with Gasteiger partial charge in [0.05, 0.1) is 6.26 Å². The first-order chi connectivity index (χ1) is 11.2. The second-order valence-corrected chi connectivity index (χ2v) is 6.29. The molecule has 0 radical (unpaired) electrons. The molecule has 2 aliphatic heterocycles. The first-order valence-electron chi connectivity index (χ1n) is 7.91. The third-order valence-corrected chi connectivity index (χ3v) is 4.72. The number of rotatable bonds is 2. The second-order valence-electron chi connectivity index (χ2n) is 6.29. The van der Waals surface area contributed by atoms with Crippen LogP contribution in [0, 0.1) is 5.92 Å². The molecule has 1 amide bonds. The standard InChI is InChI=1S/C18H18N2O3/c21-17(7-6-15-3-2-8-23-15)19-10-13-9-14(12-19)16-4-1-5-18(22)20(16)11-13/h1-8,13-14H,9-12H2/b7-6+. The molecule has 1 fully saturated rings. The summed E-state index contributed by atoms with van der Waals surface area (Å²) in [6.07, 6.45) is 5.91. The number of fused-ring (bicyclic) bond motifs is 4. The molecule has 2 aromatic rings. The Balaban J connectivity index is 1.54. The zero-order valence-electron chi connectivity index (χ0n) is 12.7. The fourth-order valence-electron chi connectivity index (χ4n) is 3.72. The van der Waals surface area contributed by atoms with Gasteiger partial charge in [-0.3, -0.25) is 9.59 Å². The average Bonchev–Trinajstić information content (AvgIpc) is 3.07.